The molecular weight excluding hydrogens is 340 g/mol. The van der Waals surface area contributed by atoms with Gasteiger partial charge in [0.25, 0.3) is 5.91 Å². The molecule has 0 bridgehead atoms. The van der Waals surface area contributed by atoms with E-state index < -0.39 is 6.04 Å². The topological polar surface area (TPSA) is 62.6 Å². The van der Waals surface area contributed by atoms with E-state index in [4.69, 9.17) is 4.42 Å². The Balaban J connectivity index is 1.63. The molecule has 2 amide bonds. The number of carbonyl (C=O) groups is 2. The summed E-state index contributed by atoms with van der Waals surface area (Å²) >= 11 is 0. The van der Waals surface area contributed by atoms with Gasteiger partial charge in [0.2, 0.25) is 5.91 Å². The number of aryl methyl sites for hydroxylation is 1. The number of hydrogen-bond donors (Lipinski definition) is 1. The minimum atomic E-state index is -0.598. The SMILES string of the molecule is Cc1ccc(NC(=O)C2Cc3ccccc3CN2C(=O)c2ccco2)cc1. The van der Waals surface area contributed by atoms with E-state index in [-0.39, 0.29) is 17.6 Å². The lowest BCUT2D eigenvalue weighted by molar-refractivity contribution is -0.121. The first-order valence-electron chi connectivity index (χ1n) is 8.90. The summed E-state index contributed by atoms with van der Waals surface area (Å²) in [5, 5.41) is 2.94. The first kappa shape index (κ1) is 17.1. The van der Waals surface area contributed by atoms with Gasteiger partial charge in [0.15, 0.2) is 5.76 Å². The van der Waals surface area contributed by atoms with Gasteiger partial charge in [0.05, 0.1) is 6.26 Å². The normalized spacial score (nSPS) is 15.9. The van der Waals surface area contributed by atoms with Crippen LogP contribution in [0.2, 0.25) is 0 Å². The fourth-order valence-corrected chi connectivity index (χ4v) is 3.37. The number of nitrogens with zero attached hydrogens (tertiary/aromatic N) is 1. The van der Waals surface area contributed by atoms with Gasteiger partial charge in [0, 0.05) is 18.7 Å². The molecule has 3 aromatic rings. The van der Waals surface area contributed by atoms with Crippen LogP contribution in [0.15, 0.2) is 71.3 Å². The molecule has 0 saturated heterocycles. The van der Waals surface area contributed by atoms with Gasteiger partial charge in [-0.15, -0.1) is 0 Å². The van der Waals surface area contributed by atoms with Crippen LogP contribution in [0.1, 0.15) is 27.2 Å². The Morgan fingerprint density at radius 3 is 2.44 bits per heavy atom. The van der Waals surface area contributed by atoms with E-state index in [2.05, 4.69) is 5.32 Å². The van der Waals surface area contributed by atoms with Crippen molar-refractivity contribution in [1.29, 1.82) is 0 Å². The van der Waals surface area contributed by atoms with Crippen molar-refractivity contribution in [1.82, 2.24) is 4.90 Å². The fraction of sp³-hybridized carbons (Fsp3) is 0.182. The lowest BCUT2D eigenvalue weighted by atomic mass is 9.93. The van der Waals surface area contributed by atoms with Crippen LogP contribution in [0.3, 0.4) is 0 Å². The Hall–Kier alpha value is -3.34. The highest BCUT2D eigenvalue weighted by molar-refractivity contribution is 6.00. The van der Waals surface area contributed by atoms with E-state index in [1.165, 1.54) is 6.26 Å². The Morgan fingerprint density at radius 1 is 1.00 bits per heavy atom. The minimum Gasteiger partial charge on any atom is -0.459 e. The number of hydrogen-bond acceptors (Lipinski definition) is 3. The molecule has 136 valence electrons. The van der Waals surface area contributed by atoms with Gasteiger partial charge in [-0.25, -0.2) is 0 Å². The highest BCUT2D eigenvalue weighted by Crippen LogP contribution is 2.26. The molecule has 0 fully saturated rings. The summed E-state index contributed by atoms with van der Waals surface area (Å²) in [5.41, 5.74) is 3.98. The van der Waals surface area contributed by atoms with Crippen molar-refractivity contribution >= 4 is 17.5 Å². The second-order valence-electron chi connectivity index (χ2n) is 6.75. The van der Waals surface area contributed by atoms with Crippen LogP contribution in [0.5, 0.6) is 0 Å². The summed E-state index contributed by atoms with van der Waals surface area (Å²) in [6.45, 7) is 2.37. The first-order chi connectivity index (χ1) is 13.1. The molecule has 5 heteroatoms. The summed E-state index contributed by atoms with van der Waals surface area (Å²) < 4.78 is 5.27. The quantitative estimate of drug-likeness (QED) is 0.773. The number of furan rings is 1. The molecule has 1 unspecified atom stereocenters. The van der Waals surface area contributed by atoms with Gasteiger partial charge in [0.1, 0.15) is 6.04 Å². The molecule has 0 saturated carbocycles. The maximum absolute atomic E-state index is 13.0. The molecule has 1 atom stereocenters. The molecule has 0 radical (unpaired) electrons. The molecule has 1 aromatic heterocycles. The summed E-state index contributed by atoms with van der Waals surface area (Å²) in [6.07, 6.45) is 1.94. The van der Waals surface area contributed by atoms with Crippen molar-refractivity contribution in [3.63, 3.8) is 0 Å². The van der Waals surface area contributed by atoms with Crippen LogP contribution >= 0.6 is 0 Å². The van der Waals surface area contributed by atoms with Crippen LogP contribution in [0.4, 0.5) is 5.69 Å². The lowest BCUT2D eigenvalue weighted by Gasteiger charge is -2.35. The van der Waals surface area contributed by atoms with E-state index in [1.54, 1.807) is 17.0 Å². The second-order valence-corrected chi connectivity index (χ2v) is 6.75. The molecule has 27 heavy (non-hydrogen) atoms. The molecule has 0 aliphatic carbocycles. The zero-order valence-electron chi connectivity index (χ0n) is 15.0. The third-order valence-corrected chi connectivity index (χ3v) is 4.86. The highest BCUT2D eigenvalue weighted by Gasteiger charge is 2.35. The summed E-state index contributed by atoms with van der Waals surface area (Å²) in [4.78, 5) is 27.5. The fourth-order valence-electron chi connectivity index (χ4n) is 3.37. The third kappa shape index (κ3) is 3.49. The van der Waals surface area contributed by atoms with Crippen molar-refractivity contribution in [2.75, 3.05) is 5.32 Å². The van der Waals surface area contributed by atoms with E-state index >= 15 is 0 Å². The van der Waals surface area contributed by atoms with E-state index in [9.17, 15) is 9.59 Å². The number of benzene rings is 2. The highest BCUT2D eigenvalue weighted by atomic mass is 16.3. The van der Waals surface area contributed by atoms with Gasteiger partial charge in [-0.2, -0.15) is 0 Å². The van der Waals surface area contributed by atoms with Crippen molar-refractivity contribution in [3.05, 3.63) is 89.4 Å². The Bertz CT molecular complexity index is 961. The molecule has 1 N–H and O–H groups in total. The zero-order valence-corrected chi connectivity index (χ0v) is 15.0. The molecule has 1 aliphatic heterocycles. The average molecular weight is 360 g/mol. The van der Waals surface area contributed by atoms with Crippen LogP contribution in [-0.2, 0) is 17.8 Å². The predicted molar refractivity (Wildman–Crippen MR) is 102 cm³/mol. The molecule has 1 aliphatic rings. The third-order valence-electron chi connectivity index (χ3n) is 4.86. The van der Waals surface area contributed by atoms with Crippen molar-refractivity contribution in [2.45, 2.75) is 25.9 Å². The van der Waals surface area contributed by atoms with Crippen LogP contribution in [-0.4, -0.2) is 22.8 Å². The maximum Gasteiger partial charge on any atom is 0.290 e. The summed E-state index contributed by atoms with van der Waals surface area (Å²) in [7, 11) is 0. The van der Waals surface area contributed by atoms with Crippen LogP contribution < -0.4 is 5.32 Å². The van der Waals surface area contributed by atoms with Gasteiger partial charge >= 0.3 is 0 Å². The van der Waals surface area contributed by atoms with Gasteiger partial charge in [-0.1, -0.05) is 42.0 Å². The second kappa shape index (κ2) is 7.11. The van der Waals surface area contributed by atoms with Crippen LogP contribution in [0.25, 0.3) is 0 Å². The van der Waals surface area contributed by atoms with Crippen molar-refractivity contribution in [3.8, 4) is 0 Å². The molecular formula is C22H20N2O3. The zero-order chi connectivity index (χ0) is 18.8. The summed E-state index contributed by atoms with van der Waals surface area (Å²) in [6, 6.07) is 18.2. The number of fused-ring (bicyclic) bond motifs is 1. The lowest BCUT2D eigenvalue weighted by Crippen LogP contribution is -2.50. The van der Waals surface area contributed by atoms with Crippen molar-refractivity contribution in [2.24, 2.45) is 0 Å². The van der Waals surface area contributed by atoms with E-state index in [1.807, 2.05) is 55.5 Å². The monoisotopic (exact) mass is 360 g/mol. The summed E-state index contributed by atoms with van der Waals surface area (Å²) in [5.74, 6) is -0.241. The number of carbonyl (C=O) groups excluding carboxylic acids is 2. The molecule has 5 nitrogen and oxygen atoms in total. The predicted octanol–water partition coefficient (Wildman–Crippen LogP) is 3.79. The largest absolute Gasteiger partial charge is 0.459 e. The van der Waals surface area contributed by atoms with Crippen LogP contribution in [0, 0.1) is 6.92 Å². The van der Waals surface area contributed by atoms with E-state index in [0.717, 1.165) is 22.4 Å². The average Bonchev–Trinajstić information content (AvgIpc) is 3.23. The van der Waals surface area contributed by atoms with Gasteiger partial charge < -0.3 is 14.6 Å². The maximum atomic E-state index is 13.0. The Kier molecular flexibility index (Phi) is 4.50. The number of anilines is 1. The Morgan fingerprint density at radius 2 is 1.74 bits per heavy atom. The standard InChI is InChI=1S/C22H20N2O3/c1-15-8-10-18(11-9-15)23-21(25)19-13-16-5-2-3-6-17(16)14-24(19)22(26)20-7-4-12-27-20/h2-12,19H,13-14H2,1H3,(H,23,25). The Labute approximate surface area is 157 Å². The number of amides is 2. The van der Waals surface area contributed by atoms with Crippen molar-refractivity contribution < 1.29 is 14.0 Å². The first-order valence-corrected chi connectivity index (χ1v) is 8.90. The molecule has 2 heterocycles. The number of nitrogens with one attached hydrogen (secondary N) is 1. The van der Waals surface area contributed by atoms with Gasteiger partial charge in [-0.05, 0) is 42.3 Å². The molecule has 2 aromatic carbocycles. The smallest absolute Gasteiger partial charge is 0.290 e. The minimum absolute atomic E-state index is 0.201. The molecule has 0 spiro atoms. The molecule has 4 rings (SSSR count). The van der Waals surface area contributed by atoms with E-state index in [0.29, 0.717) is 13.0 Å². The van der Waals surface area contributed by atoms with Gasteiger partial charge in [-0.3, -0.25) is 9.59 Å². The number of rotatable bonds is 3.